The number of aromatic hydroxyl groups is 1. The Hall–Kier alpha value is -3.61. The molecule has 2 heterocycles. The zero-order chi connectivity index (χ0) is 26.6. The topological polar surface area (TPSA) is 95.3 Å². The maximum atomic E-state index is 12.6. The highest BCUT2D eigenvalue weighted by Crippen LogP contribution is 2.21. The van der Waals surface area contributed by atoms with E-state index in [9.17, 15) is 9.90 Å². The molecule has 3 N–H and O–H groups in total. The lowest BCUT2D eigenvalue weighted by atomic mass is 9.96. The molecule has 7 heteroatoms. The number of hydrogen-bond donors (Lipinski definition) is 3. The summed E-state index contributed by atoms with van der Waals surface area (Å²) < 4.78 is 1.33. The van der Waals surface area contributed by atoms with Crippen LogP contribution in [0.3, 0.4) is 0 Å². The molecule has 0 aliphatic rings. The van der Waals surface area contributed by atoms with Gasteiger partial charge in [-0.3, -0.25) is 9.89 Å². The molecule has 0 atom stereocenters. The molecule has 3 aromatic rings. The number of aryl methyl sites for hydroxylation is 1. The van der Waals surface area contributed by atoms with E-state index in [1.807, 2.05) is 78.0 Å². The number of nitrogens with zero attached hydrogens (tertiary/aromatic N) is 3. The molecule has 0 saturated heterocycles. The summed E-state index contributed by atoms with van der Waals surface area (Å²) in [6.07, 6.45) is 9.91. The zero-order valence-electron chi connectivity index (χ0n) is 22.6. The Kier molecular flexibility index (Phi) is 11.7. The molecule has 0 bridgehead atoms. The lowest BCUT2D eigenvalue weighted by molar-refractivity contribution is 0.471. The van der Waals surface area contributed by atoms with Crippen molar-refractivity contribution >= 4 is 17.0 Å². The van der Waals surface area contributed by atoms with E-state index < -0.39 is 0 Å². The molecule has 0 fully saturated rings. The normalized spacial score (nSPS) is 11.9. The van der Waals surface area contributed by atoms with Crippen LogP contribution in [-0.2, 0) is 6.54 Å². The van der Waals surface area contributed by atoms with Gasteiger partial charge in [-0.1, -0.05) is 84.9 Å². The smallest absolute Gasteiger partial charge is 0.274 e. The minimum atomic E-state index is -0.239. The molecular formula is C28H41N5O2. The lowest BCUT2D eigenvalue weighted by Gasteiger charge is -2.10. The van der Waals surface area contributed by atoms with Crippen LogP contribution in [-0.4, -0.2) is 24.7 Å². The number of H-pyrrole nitrogens is 1. The van der Waals surface area contributed by atoms with Gasteiger partial charge in [0.15, 0.2) is 5.82 Å². The second-order valence-corrected chi connectivity index (χ2v) is 8.50. The van der Waals surface area contributed by atoms with E-state index in [0.29, 0.717) is 23.8 Å². The Bertz CT molecular complexity index is 1220. The molecular weight excluding hydrogens is 438 g/mol. The Labute approximate surface area is 209 Å². The monoisotopic (exact) mass is 479 g/mol. The van der Waals surface area contributed by atoms with Crippen LogP contribution >= 0.6 is 0 Å². The number of aromatic nitrogens is 4. The van der Waals surface area contributed by atoms with Crippen LogP contribution in [0.15, 0.2) is 59.4 Å². The van der Waals surface area contributed by atoms with Crippen LogP contribution in [0.5, 0.6) is 5.75 Å². The highest BCUT2D eigenvalue weighted by molar-refractivity contribution is 5.71. The van der Waals surface area contributed by atoms with Crippen molar-refractivity contribution in [1.82, 2.24) is 19.6 Å². The third-order valence-electron chi connectivity index (χ3n) is 4.56. The van der Waals surface area contributed by atoms with Gasteiger partial charge in [-0.15, -0.1) is 0 Å². The molecule has 0 radical (unpaired) electrons. The van der Waals surface area contributed by atoms with Crippen molar-refractivity contribution in [3.8, 4) is 5.75 Å². The molecule has 0 aliphatic carbocycles. The highest BCUT2D eigenvalue weighted by atomic mass is 16.3. The van der Waals surface area contributed by atoms with Crippen LogP contribution in [0, 0.1) is 12.3 Å². The summed E-state index contributed by atoms with van der Waals surface area (Å²) in [6.45, 7) is 18.5. The Balaban J connectivity index is 0.00000145. The van der Waals surface area contributed by atoms with Crippen LogP contribution in [0.1, 0.15) is 72.5 Å². The fourth-order valence-corrected chi connectivity index (χ4v) is 2.89. The van der Waals surface area contributed by atoms with Gasteiger partial charge in [0.2, 0.25) is 0 Å². The van der Waals surface area contributed by atoms with Gasteiger partial charge in [0, 0.05) is 23.4 Å². The van der Waals surface area contributed by atoms with Crippen molar-refractivity contribution in [1.29, 1.82) is 0 Å². The predicted octanol–water partition coefficient (Wildman–Crippen LogP) is 6.66. The minimum Gasteiger partial charge on any atom is -0.508 e. The molecule has 7 nitrogen and oxygen atoms in total. The first-order valence-electron chi connectivity index (χ1n) is 12.2. The average molecular weight is 480 g/mol. The SMILES string of the molecule is CC.CC.C\C=C/C(=C\C=C\C(C)(C)C)c1nc2nc(CNc3ccc(C)c(O)c3)cc(=O)n2[nH]1. The maximum Gasteiger partial charge on any atom is 0.274 e. The van der Waals surface area contributed by atoms with E-state index >= 15 is 0 Å². The van der Waals surface area contributed by atoms with Crippen LogP contribution in [0.4, 0.5) is 5.69 Å². The number of nitrogens with one attached hydrogen (secondary N) is 2. The van der Waals surface area contributed by atoms with E-state index in [-0.39, 0.29) is 16.7 Å². The summed E-state index contributed by atoms with van der Waals surface area (Å²) in [5.41, 5.74) is 2.79. The van der Waals surface area contributed by atoms with Gasteiger partial charge in [-0.25, -0.2) is 4.98 Å². The van der Waals surface area contributed by atoms with Gasteiger partial charge in [0.25, 0.3) is 11.3 Å². The summed E-state index contributed by atoms with van der Waals surface area (Å²) in [5, 5.41) is 16.1. The molecule has 190 valence electrons. The number of benzene rings is 1. The number of phenolic OH excluding ortho intramolecular Hbond substituents is 1. The number of phenols is 1. The minimum absolute atomic E-state index is 0.0695. The van der Waals surface area contributed by atoms with Crippen LogP contribution in [0.2, 0.25) is 0 Å². The first-order chi connectivity index (χ1) is 16.7. The van der Waals surface area contributed by atoms with E-state index in [4.69, 9.17) is 0 Å². The standard InChI is InChI=1S/C24H29N5O2.2C2H6/c1-6-8-17(9-7-12-24(3,4)5)22-27-23-26-19(14-21(31)29(23)28-22)15-25-18-11-10-16(2)20(30)13-18;2*1-2/h6-14,25,30H,15H2,1-5H3,(H,26,27,28);2*1-2H3/b8-6-,12-7+,17-9+;;. The Morgan fingerprint density at radius 3 is 2.43 bits per heavy atom. The summed E-state index contributed by atoms with van der Waals surface area (Å²) in [6, 6.07) is 6.81. The number of hydrogen-bond acceptors (Lipinski definition) is 5. The van der Waals surface area contributed by atoms with Gasteiger partial charge < -0.3 is 10.4 Å². The number of rotatable bonds is 6. The average Bonchev–Trinajstić information content (AvgIpc) is 3.26. The fraction of sp³-hybridized carbons (Fsp3) is 0.393. The number of fused-ring (bicyclic) bond motifs is 1. The van der Waals surface area contributed by atoms with Crippen molar-refractivity contribution in [3.63, 3.8) is 0 Å². The van der Waals surface area contributed by atoms with Gasteiger partial charge in [0.05, 0.1) is 12.2 Å². The molecule has 0 amide bonds. The van der Waals surface area contributed by atoms with Gasteiger partial charge >= 0.3 is 0 Å². The van der Waals surface area contributed by atoms with Gasteiger partial charge in [-0.05, 0) is 30.9 Å². The molecule has 2 aromatic heterocycles. The van der Waals surface area contributed by atoms with E-state index in [1.54, 1.807) is 6.07 Å². The van der Waals surface area contributed by atoms with Crippen molar-refractivity contribution in [2.24, 2.45) is 5.41 Å². The summed E-state index contributed by atoms with van der Waals surface area (Å²) in [7, 11) is 0. The Morgan fingerprint density at radius 1 is 1.14 bits per heavy atom. The first-order valence-corrected chi connectivity index (χ1v) is 12.2. The number of anilines is 1. The number of allylic oxidation sites excluding steroid dienone is 6. The maximum absolute atomic E-state index is 12.6. The molecule has 1 aromatic carbocycles. The van der Waals surface area contributed by atoms with E-state index in [1.165, 1.54) is 10.6 Å². The highest BCUT2D eigenvalue weighted by Gasteiger charge is 2.10. The zero-order valence-corrected chi connectivity index (χ0v) is 22.6. The predicted molar refractivity (Wildman–Crippen MR) is 148 cm³/mol. The summed E-state index contributed by atoms with van der Waals surface area (Å²) in [5.74, 6) is 1.09. The largest absolute Gasteiger partial charge is 0.508 e. The van der Waals surface area contributed by atoms with Crippen molar-refractivity contribution in [2.45, 2.75) is 68.9 Å². The Morgan fingerprint density at radius 2 is 1.83 bits per heavy atom. The first kappa shape index (κ1) is 29.4. The molecule has 0 saturated carbocycles. The second-order valence-electron chi connectivity index (χ2n) is 8.50. The van der Waals surface area contributed by atoms with Gasteiger partial charge in [-0.2, -0.15) is 9.50 Å². The summed E-state index contributed by atoms with van der Waals surface area (Å²) >= 11 is 0. The van der Waals surface area contributed by atoms with E-state index in [0.717, 1.165) is 16.8 Å². The quantitative estimate of drug-likeness (QED) is 0.344. The summed E-state index contributed by atoms with van der Waals surface area (Å²) in [4.78, 5) is 21.6. The van der Waals surface area contributed by atoms with Crippen molar-refractivity contribution in [2.75, 3.05) is 5.32 Å². The number of aromatic amines is 1. The van der Waals surface area contributed by atoms with Crippen LogP contribution < -0.4 is 10.9 Å². The second kappa shape index (κ2) is 13.9. The molecule has 0 unspecified atom stereocenters. The third kappa shape index (κ3) is 8.92. The van der Waals surface area contributed by atoms with Crippen molar-refractivity contribution < 1.29 is 5.11 Å². The molecule has 0 spiro atoms. The van der Waals surface area contributed by atoms with E-state index in [2.05, 4.69) is 47.2 Å². The van der Waals surface area contributed by atoms with Gasteiger partial charge in [0.1, 0.15) is 5.75 Å². The van der Waals surface area contributed by atoms with Crippen molar-refractivity contribution in [3.05, 3.63) is 82.1 Å². The molecule has 3 rings (SSSR count). The lowest BCUT2D eigenvalue weighted by Crippen LogP contribution is -2.17. The molecule has 35 heavy (non-hydrogen) atoms. The van der Waals surface area contributed by atoms with Crippen LogP contribution in [0.25, 0.3) is 11.4 Å². The fourth-order valence-electron chi connectivity index (χ4n) is 2.89. The molecule has 0 aliphatic heterocycles. The third-order valence-corrected chi connectivity index (χ3v) is 4.56.